The standard InChI is InChI=1S/C18H21N3O4/c19-16(23)11-5-7-12(8-6-11)20-15(22)9-10-21-17(24)13-3-1-2-4-14(13)18(21)25/h5-8,13-14H,1-4,9-10H2,(H2,19,23)(H,20,22). The molecule has 1 aliphatic carbocycles. The van der Waals surface area contributed by atoms with Gasteiger partial charge in [-0.3, -0.25) is 24.1 Å². The summed E-state index contributed by atoms with van der Waals surface area (Å²) in [4.78, 5) is 49.0. The predicted molar refractivity (Wildman–Crippen MR) is 90.4 cm³/mol. The number of benzene rings is 1. The van der Waals surface area contributed by atoms with Gasteiger partial charge in [0.1, 0.15) is 0 Å². The fourth-order valence-electron chi connectivity index (χ4n) is 3.61. The van der Waals surface area contributed by atoms with Crippen LogP contribution >= 0.6 is 0 Å². The van der Waals surface area contributed by atoms with Crippen LogP contribution in [0.15, 0.2) is 24.3 Å². The second-order valence-corrected chi connectivity index (χ2v) is 6.57. The Morgan fingerprint density at radius 2 is 1.60 bits per heavy atom. The van der Waals surface area contributed by atoms with E-state index in [1.54, 1.807) is 12.1 Å². The van der Waals surface area contributed by atoms with E-state index in [9.17, 15) is 19.2 Å². The molecule has 132 valence electrons. The van der Waals surface area contributed by atoms with Gasteiger partial charge in [-0.25, -0.2) is 0 Å². The van der Waals surface area contributed by atoms with Crippen LogP contribution in [0, 0.1) is 11.8 Å². The molecule has 3 rings (SSSR count). The summed E-state index contributed by atoms with van der Waals surface area (Å²) in [5.41, 5.74) is 6.05. The van der Waals surface area contributed by atoms with Crippen molar-refractivity contribution in [3.05, 3.63) is 29.8 Å². The molecule has 1 saturated heterocycles. The Bertz CT molecular complexity index is 690. The zero-order valence-corrected chi connectivity index (χ0v) is 13.9. The highest BCUT2D eigenvalue weighted by molar-refractivity contribution is 6.05. The summed E-state index contributed by atoms with van der Waals surface area (Å²) in [5, 5.41) is 2.68. The number of fused-ring (bicyclic) bond motifs is 1. The molecule has 0 spiro atoms. The average molecular weight is 343 g/mol. The van der Waals surface area contributed by atoms with Crippen LogP contribution in [0.3, 0.4) is 0 Å². The molecule has 0 bridgehead atoms. The van der Waals surface area contributed by atoms with Crippen molar-refractivity contribution in [3.63, 3.8) is 0 Å². The Morgan fingerprint density at radius 1 is 1.04 bits per heavy atom. The van der Waals surface area contributed by atoms with E-state index in [4.69, 9.17) is 5.73 Å². The van der Waals surface area contributed by atoms with Gasteiger partial charge in [0.25, 0.3) is 0 Å². The minimum absolute atomic E-state index is 0.0501. The zero-order chi connectivity index (χ0) is 18.0. The van der Waals surface area contributed by atoms with Crippen molar-refractivity contribution in [2.75, 3.05) is 11.9 Å². The number of nitrogens with two attached hydrogens (primary N) is 1. The lowest BCUT2D eigenvalue weighted by Gasteiger charge is -2.19. The van der Waals surface area contributed by atoms with Crippen LogP contribution in [-0.4, -0.2) is 35.1 Å². The first-order valence-corrected chi connectivity index (χ1v) is 8.52. The molecule has 0 radical (unpaired) electrons. The monoisotopic (exact) mass is 343 g/mol. The van der Waals surface area contributed by atoms with E-state index in [1.807, 2.05) is 0 Å². The van der Waals surface area contributed by atoms with Crippen LogP contribution in [0.2, 0.25) is 0 Å². The molecule has 1 saturated carbocycles. The molecule has 7 heteroatoms. The maximum atomic E-state index is 12.4. The molecule has 1 aliphatic heterocycles. The minimum atomic E-state index is -0.537. The number of rotatable bonds is 5. The zero-order valence-electron chi connectivity index (χ0n) is 13.9. The Labute approximate surface area is 145 Å². The van der Waals surface area contributed by atoms with Gasteiger partial charge in [0.05, 0.1) is 11.8 Å². The summed E-state index contributed by atoms with van der Waals surface area (Å²) >= 11 is 0. The highest BCUT2D eigenvalue weighted by atomic mass is 16.2. The molecule has 3 N–H and O–H groups in total. The first kappa shape index (κ1) is 17.1. The summed E-state index contributed by atoms with van der Waals surface area (Å²) in [6.45, 7) is 0.107. The van der Waals surface area contributed by atoms with E-state index < -0.39 is 5.91 Å². The average Bonchev–Trinajstić information content (AvgIpc) is 2.85. The number of likely N-dealkylation sites (tertiary alicyclic amines) is 1. The van der Waals surface area contributed by atoms with Gasteiger partial charge in [0, 0.05) is 24.2 Å². The Kier molecular flexibility index (Phi) is 4.83. The van der Waals surface area contributed by atoms with Gasteiger partial charge in [-0.1, -0.05) is 12.8 Å². The number of nitrogens with one attached hydrogen (secondary N) is 1. The van der Waals surface area contributed by atoms with Crippen molar-refractivity contribution < 1.29 is 19.2 Å². The first-order chi connectivity index (χ1) is 12.0. The highest BCUT2D eigenvalue weighted by Crippen LogP contribution is 2.37. The van der Waals surface area contributed by atoms with E-state index in [0.717, 1.165) is 25.7 Å². The molecule has 2 atom stereocenters. The third-order valence-electron chi connectivity index (χ3n) is 4.95. The third-order valence-corrected chi connectivity index (χ3v) is 4.95. The smallest absolute Gasteiger partial charge is 0.248 e. The Balaban J connectivity index is 1.54. The number of primary amides is 1. The maximum Gasteiger partial charge on any atom is 0.248 e. The Morgan fingerprint density at radius 3 is 2.12 bits per heavy atom. The first-order valence-electron chi connectivity index (χ1n) is 8.52. The number of amides is 4. The second kappa shape index (κ2) is 7.04. The van der Waals surface area contributed by atoms with Gasteiger partial charge < -0.3 is 11.1 Å². The second-order valence-electron chi connectivity index (χ2n) is 6.57. The molecule has 2 unspecified atom stereocenters. The van der Waals surface area contributed by atoms with Crippen molar-refractivity contribution >= 4 is 29.3 Å². The van der Waals surface area contributed by atoms with Crippen molar-refractivity contribution in [2.45, 2.75) is 32.1 Å². The van der Waals surface area contributed by atoms with E-state index >= 15 is 0 Å². The van der Waals surface area contributed by atoms with Crippen LogP contribution in [-0.2, 0) is 14.4 Å². The lowest BCUT2D eigenvalue weighted by Crippen LogP contribution is -2.34. The van der Waals surface area contributed by atoms with Crippen molar-refractivity contribution in [3.8, 4) is 0 Å². The quantitative estimate of drug-likeness (QED) is 0.785. The fraction of sp³-hybridized carbons (Fsp3) is 0.444. The van der Waals surface area contributed by atoms with Crippen LogP contribution in [0.1, 0.15) is 42.5 Å². The van der Waals surface area contributed by atoms with Crippen LogP contribution in [0.25, 0.3) is 0 Å². The molecule has 1 aromatic carbocycles. The summed E-state index contributed by atoms with van der Waals surface area (Å²) in [6.07, 6.45) is 3.55. The summed E-state index contributed by atoms with van der Waals surface area (Å²) < 4.78 is 0. The van der Waals surface area contributed by atoms with Gasteiger partial charge in [-0.15, -0.1) is 0 Å². The molecule has 2 fully saturated rings. The lowest BCUT2D eigenvalue weighted by atomic mass is 9.81. The molecule has 1 aromatic rings. The SMILES string of the molecule is NC(=O)c1ccc(NC(=O)CCN2C(=O)C3CCCCC3C2=O)cc1. The number of nitrogens with zero attached hydrogens (tertiary/aromatic N) is 1. The number of hydrogen-bond acceptors (Lipinski definition) is 4. The number of carbonyl (C=O) groups is 4. The molecule has 2 aliphatic rings. The summed E-state index contributed by atoms with van der Waals surface area (Å²) in [6, 6.07) is 6.21. The molecule has 1 heterocycles. The molecule has 25 heavy (non-hydrogen) atoms. The van der Waals surface area contributed by atoms with Crippen LogP contribution in [0.5, 0.6) is 0 Å². The van der Waals surface area contributed by atoms with E-state index in [2.05, 4.69) is 5.32 Å². The number of carbonyl (C=O) groups excluding carboxylic acids is 4. The number of anilines is 1. The molecular formula is C18H21N3O4. The van der Waals surface area contributed by atoms with Gasteiger partial charge in [-0.05, 0) is 37.1 Å². The molecule has 7 nitrogen and oxygen atoms in total. The topological polar surface area (TPSA) is 110 Å². The summed E-state index contributed by atoms with van der Waals surface area (Å²) in [5.74, 6) is -1.47. The highest BCUT2D eigenvalue weighted by Gasteiger charge is 2.47. The van der Waals surface area contributed by atoms with Gasteiger partial charge in [-0.2, -0.15) is 0 Å². The van der Waals surface area contributed by atoms with Gasteiger partial charge >= 0.3 is 0 Å². The van der Waals surface area contributed by atoms with E-state index in [-0.39, 0.29) is 42.5 Å². The molecular weight excluding hydrogens is 322 g/mol. The number of hydrogen-bond donors (Lipinski definition) is 2. The van der Waals surface area contributed by atoms with Crippen molar-refractivity contribution in [1.82, 2.24) is 4.90 Å². The largest absolute Gasteiger partial charge is 0.366 e. The maximum absolute atomic E-state index is 12.4. The Hall–Kier alpha value is -2.70. The normalized spacial score (nSPS) is 22.6. The molecule has 4 amide bonds. The third kappa shape index (κ3) is 3.55. The molecule has 0 aromatic heterocycles. The van der Waals surface area contributed by atoms with Gasteiger partial charge in [0.15, 0.2) is 0 Å². The van der Waals surface area contributed by atoms with Crippen molar-refractivity contribution in [1.29, 1.82) is 0 Å². The predicted octanol–water partition coefficient (Wildman–Crippen LogP) is 1.29. The lowest BCUT2D eigenvalue weighted by molar-refractivity contribution is -0.140. The number of imide groups is 1. The van der Waals surface area contributed by atoms with Crippen LogP contribution in [0.4, 0.5) is 5.69 Å². The fourth-order valence-corrected chi connectivity index (χ4v) is 3.61. The van der Waals surface area contributed by atoms with Crippen molar-refractivity contribution in [2.24, 2.45) is 17.6 Å². The van der Waals surface area contributed by atoms with E-state index in [0.29, 0.717) is 11.3 Å². The van der Waals surface area contributed by atoms with E-state index in [1.165, 1.54) is 17.0 Å². The van der Waals surface area contributed by atoms with Gasteiger partial charge in [0.2, 0.25) is 23.6 Å². The minimum Gasteiger partial charge on any atom is -0.366 e. The van der Waals surface area contributed by atoms with Crippen LogP contribution < -0.4 is 11.1 Å². The summed E-state index contributed by atoms with van der Waals surface area (Å²) in [7, 11) is 0.